The van der Waals surface area contributed by atoms with E-state index in [4.69, 9.17) is 0 Å². The van der Waals surface area contributed by atoms with Crippen LogP contribution in [-0.4, -0.2) is 5.97 Å². The quantitative estimate of drug-likeness (QED) is 0.655. The number of carboxylic acid groups (broad SMARTS) is 1. The molecule has 3 heteroatoms. The average Bonchev–Trinajstić information content (AvgIpc) is 1.89. The second-order valence-corrected chi connectivity index (χ2v) is 2.57. The maximum Gasteiger partial charge on any atom is 1.00 e. The topological polar surface area (TPSA) is 40.1 Å². The molecule has 11 heavy (non-hydrogen) atoms. The fourth-order valence-electron chi connectivity index (χ4n) is 0.939. The number of unbranched alkanes of at least 4 members (excludes halogenated alkanes) is 1. The van der Waals surface area contributed by atoms with Gasteiger partial charge in [-0.25, -0.2) is 0 Å². The molecule has 0 aliphatic rings. The first-order valence-corrected chi connectivity index (χ1v) is 3.93. The molecule has 1 unspecified atom stereocenters. The standard InChI is InChI=1S/C8H16O2.Cr/c1-3-5-6-7(4-2)8(9)10;/h7H,3-6H2,1-2H3,(H,9,10);/q;+1/p-1. The zero-order chi connectivity index (χ0) is 7.98. The summed E-state index contributed by atoms with van der Waals surface area (Å²) in [5, 5.41) is 10.3. The summed E-state index contributed by atoms with van der Waals surface area (Å²) in [5.74, 6) is -1.11. The molecule has 0 amide bonds. The largest absolute Gasteiger partial charge is 1.00 e. The summed E-state index contributed by atoms with van der Waals surface area (Å²) < 4.78 is 0. The van der Waals surface area contributed by atoms with Gasteiger partial charge in [0.2, 0.25) is 0 Å². The van der Waals surface area contributed by atoms with Crippen LogP contribution in [-0.2, 0) is 22.2 Å². The van der Waals surface area contributed by atoms with Gasteiger partial charge in [-0.05, 0) is 18.8 Å². The van der Waals surface area contributed by atoms with Crippen LogP contribution in [0.15, 0.2) is 0 Å². The van der Waals surface area contributed by atoms with E-state index in [2.05, 4.69) is 6.92 Å². The molecule has 0 aromatic rings. The molecule has 1 radical (unpaired) electrons. The molecule has 0 rings (SSSR count). The van der Waals surface area contributed by atoms with Crippen molar-refractivity contribution in [1.82, 2.24) is 0 Å². The summed E-state index contributed by atoms with van der Waals surface area (Å²) in [5.41, 5.74) is 0. The first-order chi connectivity index (χ1) is 4.72. The molecule has 0 heterocycles. The van der Waals surface area contributed by atoms with E-state index in [0.29, 0.717) is 6.42 Å². The van der Waals surface area contributed by atoms with E-state index in [1.54, 1.807) is 0 Å². The Balaban J connectivity index is 0. The molecule has 0 bridgehead atoms. The third-order valence-electron chi connectivity index (χ3n) is 1.73. The molecule has 0 aromatic heterocycles. The van der Waals surface area contributed by atoms with E-state index in [1.165, 1.54) is 0 Å². The van der Waals surface area contributed by atoms with Gasteiger partial charge < -0.3 is 9.90 Å². The molecule has 0 aliphatic heterocycles. The minimum atomic E-state index is -0.893. The van der Waals surface area contributed by atoms with Crippen molar-refractivity contribution >= 4 is 5.97 Å². The predicted octanol–water partition coefficient (Wildman–Crippen LogP) is 0.950. The summed E-state index contributed by atoms with van der Waals surface area (Å²) in [6.07, 6.45) is 3.52. The number of aliphatic carboxylic acids is 1. The molecule has 1 atom stereocenters. The Morgan fingerprint density at radius 1 is 1.45 bits per heavy atom. The molecular weight excluding hydrogens is 180 g/mol. The second kappa shape index (κ2) is 8.10. The minimum absolute atomic E-state index is 0. The van der Waals surface area contributed by atoms with Crippen LogP contribution in [0.1, 0.15) is 39.5 Å². The summed E-state index contributed by atoms with van der Waals surface area (Å²) in [6, 6.07) is 0. The van der Waals surface area contributed by atoms with Crippen LogP contribution < -0.4 is 5.11 Å². The molecule has 65 valence electrons. The molecule has 0 saturated heterocycles. The molecule has 0 spiro atoms. The number of carboxylic acids is 1. The van der Waals surface area contributed by atoms with Crippen molar-refractivity contribution in [3.8, 4) is 0 Å². The second-order valence-electron chi connectivity index (χ2n) is 2.57. The first kappa shape index (κ1) is 13.6. The first-order valence-electron chi connectivity index (χ1n) is 3.93. The van der Waals surface area contributed by atoms with Gasteiger partial charge in [-0.15, -0.1) is 0 Å². The monoisotopic (exact) mass is 195 g/mol. The fourth-order valence-corrected chi connectivity index (χ4v) is 0.939. The van der Waals surface area contributed by atoms with E-state index in [1.807, 2.05) is 6.92 Å². The van der Waals surface area contributed by atoms with Crippen LogP contribution in [0.5, 0.6) is 0 Å². The predicted molar refractivity (Wildman–Crippen MR) is 38.3 cm³/mol. The van der Waals surface area contributed by atoms with Crippen molar-refractivity contribution in [2.24, 2.45) is 5.92 Å². The van der Waals surface area contributed by atoms with Crippen LogP contribution in [0, 0.1) is 5.92 Å². The van der Waals surface area contributed by atoms with Gasteiger partial charge in [0.15, 0.2) is 0 Å². The van der Waals surface area contributed by atoms with Crippen LogP contribution in [0.3, 0.4) is 0 Å². The van der Waals surface area contributed by atoms with E-state index in [-0.39, 0.29) is 23.3 Å². The van der Waals surface area contributed by atoms with E-state index in [9.17, 15) is 9.90 Å². The third-order valence-corrected chi connectivity index (χ3v) is 1.73. The van der Waals surface area contributed by atoms with E-state index in [0.717, 1.165) is 19.3 Å². The van der Waals surface area contributed by atoms with Gasteiger partial charge in [-0.1, -0.05) is 26.7 Å². The normalized spacial score (nSPS) is 11.8. The van der Waals surface area contributed by atoms with Gasteiger partial charge >= 0.3 is 17.4 Å². The zero-order valence-corrected chi connectivity index (χ0v) is 8.41. The number of rotatable bonds is 5. The summed E-state index contributed by atoms with van der Waals surface area (Å²) in [7, 11) is 0. The van der Waals surface area contributed by atoms with Gasteiger partial charge in [-0.2, -0.15) is 0 Å². The maximum absolute atomic E-state index is 10.3. The van der Waals surface area contributed by atoms with Gasteiger partial charge in [0, 0.05) is 5.97 Å². The summed E-state index contributed by atoms with van der Waals surface area (Å²) in [4.78, 5) is 10.3. The SMILES string of the molecule is CCCCC(CC)C(=O)[O-].[Cr+]. The van der Waals surface area contributed by atoms with Crippen molar-refractivity contribution in [3.05, 3.63) is 0 Å². The van der Waals surface area contributed by atoms with Crippen molar-refractivity contribution < 1.29 is 27.3 Å². The van der Waals surface area contributed by atoms with Crippen molar-refractivity contribution in [2.45, 2.75) is 39.5 Å². The molecule has 2 nitrogen and oxygen atoms in total. The maximum atomic E-state index is 10.3. The Kier molecular flexibility index (Phi) is 10.0. The van der Waals surface area contributed by atoms with Gasteiger partial charge in [0.1, 0.15) is 0 Å². The summed E-state index contributed by atoms with van der Waals surface area (Å²) >= 11 is 0. The zero-order valence-electron chi connectivity index (χ0n) is 7.13. The third kappa shape index (κ3) is 6.40. The Morgan fingerprint density at radius 2 is 2.00 bits per heavy atom. The minimum Gasteiger partial charge on any atom is -0.550 e. The summed E-state index contributed by atoms with van der Waals surface area (Å²) in [6.45, 7) is 3.94. The number of hydrogen-bond acceptors (Lipinski definition) is 2. The Morgan fingerprint density at radius 3 is 2.27 bits per heavy atom. The van der Waals surface area contributed by atoms with Gasteiger partial charge in [-0.3, -0.25) is 0 Å². The molecule has 0 saturated carbocycles. The van der Waals surface area contributed by atoms with Crippen molar-refractivity contribution in [1.29, 1.82) is 0 Å². The van der Waals surface area contributed by atoms with E-state index >= 15 is 0 Å². The molecular formula is C8H15CrO2. The molecule has 0 N–H and O–H groups in total. The van der Waals surface area contributed by atoms with Crippen LogP contribution in [0.2, 0.25) is 0 Å². The molecule has 0 aromatic carbocycles. The molecule has 0 fully saturated rings. The van der Waals surface area contributed by atoms with Crippen LogP contribution in [0.25, 0.3) is 0 Å². The van der Waals surface area contributed by atoms with Crippen molar-refractivity contribution in [2.75, 3.05) is 0 Å². The smallest absolute Gasteiger partial charge is 0.550 e. The van der Waals surface area contributed by atoms with E-state index < -0.39 is 5.97 Å². The number of carbonyl (C=O) groups is 1. The fraction of sp³-hybridized carbons (Fsp3) is 0.875. The molecule has 0 aliphatic carbocycles. The Hall–Kier alpha value is 0.00247. The van der Waals surface area contributed by atoms with Gasteiger partial charge in [0.25, 0.3) is 0 Å². The average molecular weight is 195 g/mol. The van der Waals surface area contributed by atoms with Crippen molar-refractivity contribution in [3.63, 3.8) is 0 Å². The Bertz CT molecular complexity index is 104. The van der Waals surface area contributed by atoms with Crippen LogP contribution >= 0.6 is 0 Å². The van der Waals surface area contributed by atoms with Gasteiger partial charge in [0.05, 0.1) is 0 Å². The Labute approximate surface area is 79.1 Å². The number of carbonyl (C=O) groups excluding carboxylic acids is 1. The number of hydrogen-bond donors (Lipinski definition) is 0. The van der Waals surface area contributed by atoms with Crippen LogP contribution in [0.4, 0.5) is 0 Å².